The highest BCUT2D eigenvalue weighted by Crippen LogP contribution is 2.25. The molecule has 2 saturated heterocycles. The Morgan fingerprint density at radius 1 is 1.03 bits per heavy atom. The van der Waals surface area contributed by atoms with Gasteiger partial charge in [0.25, 0.3) is 0 Å². The maximum absolute atomic E-state index is 5.69. The summed E-state index contributed by atoms with van der Waals surface area (Å²) in [5.41, 5.74) is 2.62. The maximum Gasteiger partial charge on any atom is 0.191 e. The Morgan fingerprint density at radius 2 is 1.65 bits per heavy atom. The summed E-state index contributed by atoms with van der Waals surface area (Å²) >= 11 is 0. The van der Waals surface area contributed by atoms with Crippen LogP contribution < -0.4 is 20.9 Å². The van der Waals surface area contributed by atoms with Gasteiger partial charge in [0.2, 0.25) is 0 Å². The molecule has 1 unspecified atom stereocenters. The molecular weight excluding hydrogens is 537 g/mol. The number of nitrogens with zero attached hydrogens (tertiary/aromatic N) is 2. The number of rotatable bonds is 7. The molecule has 2 fully saturated rings. The van der Waals surface area contributed by atoms with Crippen molar-refractivity contribution in [3.8, 4) is 0 Å². The summed E-state index contributed by atoms with van der Waals surface area (Å²) in [6, 6.07) is 22.1. The van der Waals surface area contributed by atoms with Gasteiger partial charge in [0.15, 0.2) is 5.96 Å². The number of halogens is 1. The zero-order valence-electron chi connectivity index (χ0n) is 20.5. The Hall–Kier alpha value is -1.84. The van der Waals surface area contributed by atoms with Gasteiger partial charge >= 0.3 is 0 Å². The molecule has 0 aliphatic carbocycles. The van der Waals surface area contributed by atoms with Crippen LogP contribution in [0.1, 0.15) is 44.2 Å². The second-order valence-electron chi connectivity index (χ2n) is 9.34. The number of hydrogen-bond acceptors (Lipinski definition) is 4. The molecule has 6 nitrogen and oxygen atoms in total. The highest BCUT2D eigenvalue weighted by Gasteiger charge is 2.34. The van der Waals surface area contributed by atoms with Gasteiger partial charge in [-0.15, -0.1) is 24.0 Å². The minimum atomic E-state index is -0.0121. The third-order valence-corrected chi connectivity index (χ3v) is 7.05. The summed E-state index contributed by atoms with van der Waals surface area (Å²) in [6.45, 7) is 6.79. The maximum atomic E-state index is 5.69. The average Bonchev–Trinajstić information content (AvgIpc) is 2.88. The van der Waals surface area contributed by atoms with E-state index in [1.165, 1.54) is 11.3 Å². The largest absolute Gasteiger partial charge is 0.381 e. The molecule has 4 rings (SSSR count). The number of nitrogens with one attached hydrogen (secondary N) is 3. The molecule has 0 spiro atoms. The zero-order valence-corrected chi connectivity index (χ0v) is 22.8. The Balaban J connectivity index is 0.00000324. The van der Waals surface area contributed by atoms with Gasteiger partial charge in [0.05, 0.1) is 0 Å². The Bertz CT molecular complexity index is 865. The second-order valence-corrected chi connectivity index (χ2v) is 9.34. The van der Waals surface area contributed by atoms with Crippen molar-refractivity contribution in [2.45, 2.75) is 50.2 Å². The smallest absolute Gasteiger partial charge is 0.191 e. The molecule has 2 aliphatic heterocycles. The van der Waals surface area contributed by atoms with Crippen LogP contribution >= 0.6 is 24.0 Å². The lowest BCUT2D eigenvalue weighted by Gasteiger charge is -2.41. The van der Waals surface area contributed by atoms with E-state index in [1.54, 1.807) is 0 Å². The van der Waals surface area contributed by atoms with Crippen molar-refractivity contribution in [2.75, 3.05) is 44.8 Å². The molecule has 7 heteroatoms. The summed E-state index contributed by atoms with van der Waals surface area (Å²) in [6.07, 6.45) is 4.20. The molecule has 0 aromatic heterocycles. The van der Waals surface area contributed by atoms with Gasteiger partial charge in [0, 0.05) is 63.2 Å². The standard InChI is InChI=1S/C27H39N5O.HI/c1-22(23-9-5-3-6-10-23)31-27(15-19-33-20-16-27)21-29-26(28-2)30-24-13-17-32(18-14-24)25-11-7-4-8-12-25;/h3-12,22,24,31H,13-21H2,1-2H3,(H2,28,29,30);1H. The van der Waals surface area contributed by atoms with Crippen LogP contribution in [0.15, 0.2) is 65.7 Å². The molecule has 2 aromatic carbocycles. The lowest BCUT2D eigenvalue weighted by atomic mass is 9.88. The number of aliphatic imine (C=N–C) groups is 1. The highest BCUT2D eigenvalue weighted by atomic mass is 127. The molecule has 34 heavy (non-hydrogen) atoms. The quantitative estimate of drug-likeness (QED) is 0.260. The minimum Gasteiger partial charge on any atom is -0.381 e. The van der Waals surface area contributed by atoms with E-state index >= 15 is 0 Å². The summed E-state index contributed by atoms with van der Waals surface area (Å²) in [5, 5.41) is 11.2. The van der Waals surface area contributed by atoms with Crippen molar-refractivity contribution >= 4 is 35.6 Å². The van der Waals surface area contributed by atoms with Crippen LogP contribution in [0, 0.1) is 0 Å². The Morgan fingerprint density at radius 3 is 2.26 bits per heavy atom. The number of hydrogen-bond donors (Lipinski definition) is 3. The molecule has 2 heterocycles. The molecule has 186 valence electrons. The third-order valence-electron chi connectivity index (χ3n) is 7.05. The topological polar surface area (TPSA) is 60.9 Å². The van der Waals surface area contributed by atoms with Gasteiger partial charge < -0.3 is 25.6 Å². The van der Waals surface area contributed by atoms with Crippen LogP contribution in [0.3, 0.4) is 0 Å². The van der Waals surface area contributed by atoms with Crippen molar-refractivity contribution in [3.05, 3.63) is 66.2 Å². The van der Waals surface area contributed by atoms with E-state index in [0.29, 0.717) is 6.04 Å². The lowest BCUT2D eigenvalue weighted by Crippen LogP contribution is -2.59. The fraction of sp³-hybridized carbons (Fsp3) is 0.519. The van der Waals surface area contributed by atoms with E-state index in [0.717, 1.165) is 64.5 Å². The molecular formula is C27H40IN5O. The first-order valence-electron chi connectivity index (χ1n) is 12.3. The SMILES string of the molecule is CN=C(NCC1(NC(C)c2ccccc2)CCOCC1)NC1CCN(c2ccccc2)CC1.I. The van der Waals surface area contributed by atoms with Crippen LogP contribution in [0.5, 0.6) is 0 Å². The molecule has 0 amide bonds. The van der Waals surface area contributed by atoms with Crippen molar-refractivity contribution in [2.24, 2.45) is 4.99 Å². The molecule has 2 aromatic rings. The second kappa shape index (κ2) is 13.3. The van der Waals surface area contributed by atoms with E-state index in [4.69, 9.17) is 4.74 Å². The van der Waals surface area contributed by atoms with Gasteiger partial charge in [-0.05, 0) is 50.3 Å². The van der Waals surface area contributed by atoms with E-state index in [2.05, 4.69) is 93.4 Å². The fourth-order valence-corrected chi connectivity index (χ4v) is 4.98. The monoisotopic (exact) mass is 577 g/mol. The molecule has 3 N–H and O–H groups in total. The fourth-order valence-electron chi connectivity index (χ4n) is 4.98. The lowest BCUT2D eigenvalue weighted by molar-refractivity contribution is 0.0354. The van der Waals surface area contributed by atoms with E-state index in [1.807, 2.05) is 7.05 Å². The van der Waals surface area contributed by atoms with Crippen LogP contribution in [0.4, 0.5) is 5.69 Å². The summed E-state index contributed by atoms with van der Waals surface area (Å²) in [4.78, 5) is 7.01. The van der Waals surface area contributed by atoms with Crippen LogP contribution in [-0.2, 0) is 4.74 Å². The Kier molecular flexibility index (Phi) is 10.5. The normalized spacial score (nSPS) is 19.7. The predicted octanol–water partition coefficient (Wildman–Crippen LogP) is 4.34. The first kappa shape index (κ1) is 26.8. The first-order chi connectivity index (χ1) is 16.2. The molecule has 0 radical (unpaired) electrons. The number of guanidine groups is 1. The van der Waals surface area contributed by atoms with Crippen molar-refractivity contribution < 1.29 is 4.74 Å². The van der Waals surface area contributed by atoms with Crippen molar-refractivity contribution in [1.82, 2.24) is 16.0 Å². The molecule has 0 bridgehead atoms. The van der Waals surface area contributed by atoms with Crippen LogP contribution in [0.2, 0.25) is 0 Å². The number of ether oxygens (including phenoxy) is 1. The highest BCUT2D eigenvalue weighted by molar-refractivity contribution is 14.0. The molecule has 2 aliphatic rings. The average molecular weight is 578 g/mol. The number of benzene rings is 2. The minimum absolute atomic E-state index is 0. The van der Waals surface area contributed by atoms with Gasteiger partial charge in [-0.2, -0.15) is 0 Å². The Labute approximate surface area is 222 Å². The van der Waals surface area contributed by atoms with Gasteiger partial charge in [-0.25, -0.2) is 0 Å². The first-order valence-corrected chi connectivity index (χ1v) is 12.3. The van der Waals surface area contributed by atoms with Gasteiger partial charge in [-0.1, -0.05) is 48.5 Å². The van der Waals surface area contributed by atoms with Crippen molar-refractivity contribution in [3.63, 3.8) is 0 Å². The van der Waals surface area contributed by atoms with E-state index in [-0.39, 0.29) is 35.6 Å². The zero-order chi connectivity index (χ0) is 22.9. The molecule has 0 saturated carbocycles. The summed E-state index contributed by atoms with van der Waals surface area (Å²) < 4.78 is 5.69. The summed E-state index contributed by atoms with van der Waals surface area (Å²) in [5.74, 6) is 0.896. The van der Waals surface area contributed by atoms with Gasteiger partial charge in [-0.3, -0.25) is 4.99 Å². The van der Waals surface area contributed by atoms with E-state index in [9.17, 15) is 0 Å². The predicted molar refractivity (Wildman–Crippen MR) is 152 cm³/mol. The number of piperidine rings is 1. The third kappa shape index (κ3) is 7.33. The number of anilines is 1. The van der Waals surface area contributed by atoms with E-state index < -0.39 is 0 Å². The summed E-state index contributed by atoms with van der Waals surface area (Å²) in [7, 11) is 1.87. The van der Waals surface area contributed by atoms with Crippen molar-refractivity contribution in [1.29, 1.82) is 0 Å². The van der Waals surface area contributed by atoms with Crippen LogP contribution in [0.25, 0.3) is 0 Å². The molecule has 1 atom stereocenters. The number of para-hydroxylation sites is 1. The van der Waals surface area contributed by atoms with Gasteiger partial charge in [0.1, 0.15) is 0 Å². The van der Waals surface area contributed by atoms with Crippen LogP contribution in [-0.4, -0.2) is 57.4 Å².